The Morgan fingerprint density at radius 3 is 2.37 bits per heavy atom. The second-order valence-corrected chi connectivity index (χ2v) is 10.8. The van der Waals surface area contributed by atoms with Gasteiger partial charge in [0.15, 0.2) is 5.92 Å². The topological polar surface area (TPSA) is 106 Å². The average molecular weight is 558 g/mol. The molecule has 214 valence electrons. The lowest BCUT2D eigenvalue weighted by Gasteiger charge is -2.35. The molecule has 1 aliphatic rings. The molecule has 0 aliphatic carbocycles. The molecule has 41 heavy (non-hydrogen) atoms. The maximum Gasteiger partial charge on any atom is 0.337 e. The monoisotopic (exact) mass is 557 g/mol. The third-order valence-electron chi connectivity index (χ3n) is 7.22. The van der Waals surface area contributed by atoms with Crippen molar-refractivity contribution in [2.24, 2.45) is 11.8 Å². The van der Waals surface area contributed by atoms with Crippen molar-refractivity contribution in [3.05, 3.63) is 93.6 Å². The van der Waals surface area contributed by atoms with E-state index in [1.54, 1.807) is 0 Å². The van der Waals surface area contributed by atoms with Gasteiger partial charge < -0.3 is 19.4 Å². The van der Waals surface area contributed by atoms with Crippen molar-refractivity contribution >= 4 is 28.7 Å². The van der Waals surface area contributed by atoms with Gasteiger partial charge in [-0.2, -0.15) is 0 Å². The molecule has 1 fully saturated rings. The fourth-order valence-corrected chi connectivity index (χ4v) is 5.27. The first-order valence-electron chi connectivity index (χ1n) is 14.0. The number of hydrogen-bond acceptors (Lipinski definition) is 7. The lowest BCUT2D eigenvalue weighted by atomic mass is 9.83. The van der Waals surface area contributed by atoms with Gasteiger partial charge >= 0.3 is 24.0 Å². The summed E-state index contributed by atoms with van der Waals surface area (Å²) in [6, 6.07) is 23.9. The molecule has 1 heterocycles. The van der Waals surface area contributed by atoms with Crippen LogP contribution in [-0.4, -0.2) is 30.3 Å². The summed E-state index contributed by atoms with van der Waals surface area (Å²) in [6.45, 7) is 3.25. The highest BCUT2D eigenvalue weighted by Gasteiger charge is 2.47. The van der Waals surface area contributed by atoms with Crippen LogP contribution in [0.1, 0.15) is 62.6 Å². The number of nitrogens with zero attached hydrogens (tertiary/aromatic N) is 1. The summed E-state index contributed by atoms with van der Waals surface area (Å²) in [5, 5.41) is 15.8. The second kappa shape index (κ2) is 13.8. The van der Waals surface area contributed by atoms with E-state index in [4.69, 9.17) is 14.2 Å². The van der Waals surface area contributed by atoms with E-state index in [0.29, 0.717) is 12.8 Å². The summed E-state index contributed by atoms with van der Waals surface area (Å²) < 4.78 is 16.1. The fourth-order valence-electron chi connectivity index (χ4n) is 5.27. The van der Waals surface area contributed by atoms with Crippen molar-refractivity contribution in [3.63, 3.8) is 0 Å². The Hall–Kier alpha value is -4.38. The Bertz CT molecular complexity index is 1420. The zero-order chi connectivity index (χ0) is 29.2. The number of esters is 3. The van der Waals surface area contributed by atoms with Crippen LogP contribution in [-0.2, 0) is 41.4 Å². The lowest BCUT2D eigenvalue weighted by molar-refractivity contribution is -0.242. The molecule has 0 amide bonds. The van der Waals surface area contributed by atoms with E-state index in [0.717, 1.165) is 53.1 Å². The van der Waals surface area contributed by atoms with E-state index >= 15 is 0 Å². The number of aryl methyl sites for hydroxylation is 1. The Kier molecular flexibility index (Phi) is 9.96. The number of hydrogen-bond donors (Lipinski definition) is 0. The number of unbranched alkanes of at least 4 members (excludes halogenated alkanes) is 3. The van der Waals surface area contributed by atoms with Gasteiger partial charge in [0.05, 0.1) is 13.0 Å². The van der Waals surface area contributed by atoms with Gasteiger partial charge in [-0.1, -0.05) is 79.6 Å². The number of rotatable bonds is 12. The largest absolute Gasteiger partial charge is 0.498 e. The Labute approximate surface area is 240 Å². The highest BCUT2D eigenvalue weighted by Crippen LogP contribution is 2.32. The van der Waals surface area contributed by atoms with E-state index in [1.807, 2.05) is 66.7 Å². The van der Waals surface area contributed by atoms with Gasteiger partial charge in [0, 0.05) is 24.2 Å². The van der Waals surface area contributed by atoms with E-state index < -0.39 is 35.5 Å². The van der Waals surface area contributed by atoms with Crippen molar-refractivity contribution in [1.82, 2.24) is 0 Å². The molecule has 3 aromatic rings. The Morgan fingerprint density at radius 2 is 1.63 bits per heavy atom. The minimum absolute atomic E-state index is 0.104. The van der Waals surface area contributed by atoms with Crippen molar-refractivity contribution in [2.45, 2.75) is 64.6 Å². The van der Waals surface area contributed by atoms with Crippen LogP contribution in [0.4, 0.5) is 0 Å². The quantitative estimate of drug-likeness (QED) is 0.110. The first-order valence-corrected chi connectivity index (χ1v) is 14.0. The Balaban J connectivity index is 1.25. The molecule has 4 rings (SSSR count). The van der Waals surface area contributed by atoms with E-state index in [-0.39, 0.29) is 13.0 Å². The highest BCUT2D eigenvalue weighted by molar-refractivity contribution is 5.97. The van der Waals surface area contributed by atoms with Gasteiger partial charge in [-0.25, -0.2) is 0 Å². The first-order chi connectivity index (χ1) is 19.8. The molecule has 0 saturated carbocycles. The summed E-state index contributed by atoms with van der Waals surface area (Å²) in [4.78, 5) is 38.2. The predicted octanol–water partition coefficient (Wildman–Crippen LogP) is 6.37. The standard InChI is InChI=1S/C33H35NO7/c1-33(2)40-31(36)30(32(37)41-33)26(20-23-12-6-5-7-13-23)21-29(35)39-19-11-4-3-8-14-25-18-17-24-15-9-10-16-27(24)28(25)22-34-38/h5-7,9-10,12-13,15-18,26,30H,3-4,8,11,14,19-21H2,1-2H3. The number of cyclic esters (lactones) is 2. The van der Waals surface area contributed by atoms with Crippen LogP contribution in [0.5, 0.6) is 0 Å². The smallest absolute Gasteiger partial charge is 0.337 e. The van der Waals surface area contributed by atoms with Crippen molar-refractivity contribution in [1.29, 1.82) is 0 Å². The molecule has 1 atom stereocenters. The maximum absolute atomic E-state index is 12.7. The van der Waals surface area contributed by atoms with Crippen LogP contribution in [0.3, 0.4) is 0 Å². The minimum Gasteiger partial charge on any atom is -0.498 e. The normalized spacial score (nSPS) is 15.4. The molecule has 3 aromatic carbocycles. The summed E-state index contributed by atoms with van der Waals surface area (Å²) in [5.74, 6) is -5.02. The van der Waals surface area contributed by atoms with Crippen LogP contribution in [0.25, 0.3) is 15.8 Å². The number of carbonyl (C=O) groups excluding carboxylic acids is 3. The van der Waals surface area contributed by atoms with E-state index in [1.165, 1.54) is 13.8 Å². The zero-order valence-electron chi connectivity index (χ0n) is 23.5. The highest BCUT2D eigenvalue weighted by atomic mass is 16.7. The number of ether oxygens (including phenoxy) is 3. The molecule has 1 unspecified atom stereocenters. The molecule has 1 saturated heterocycles. The molecule has 0 N–H and O–H groups in total. The molecule has 0 bridgehead atoms. The minimum atomic E-state index is -1.33. The van der Waals surface area contributed by atoms with E-state index in [2.05, 4.69) is 11.1 Å². The van der Waals surface area contributed by atoms with Crippen LogP contribution >= 0.6 is 0 Å². The summed E-state index contributed by atoms with van der Waals surface area (Å²) in [7, 11) is 0. The summed E-state index contributed by atoms with van der Waals surface area (Å²) in [6.07, 6.45) is 4.39. The van der Waals surface area contributed by atoms with Gasteiger partial charge in [-0.15, -0.1) is 0 Å². The molecular weight excluding hydrogens is 522 g/mol. The molecule has 1 aliphatic heterocycles. The van der Waals surface area contributed by atoms with Crippen molar-refractivity contribution in [3.8, 4) is 6.07 Å². The molecule has 8 nitrogen and oxygen atoms in total. The molecule has 8 heteroatoms. The predicted molar refractivity (Wildman–Crippen MR) is 155 cm³/mol. The number of fused-ring (bicyclic) bond motifs is 1. The van der Waals surface area contributed by atoms with Crippen LogP contribution in [0.15, 0.2) is 66.7 Å². The molecule has 0 spiro atoms. The van der Waals surface area contributed by atoms with Gasteiger partial charge in [-0.3, -0.25) is 14.4 Å². The number of carbonyl (C=O) groups is 3. The van der Waals surface area contributed by atoms with Gasteiger partial charge in [0.25, 0.3) is 5.79 Å². The van der Waals surface area contributed by atoms with E-state index in [9.17, 15) is 19.6 Å². The zero-order valence-corrected chi connectivity index (χ0v) is 23.5. The van der Waals surface area contributed by atoms with Gasteiger partial charge in [0.1, 0.15) is 5.56 Å². The third-order valence-corrected chi connectivity index (χ3v) is 7.22. The van der Waals surface area contributed by atoms with Crippen LogP contribution in [0.2, 0.25) is 0 Å². The van der Waals surface area contributed by atoms with Gasteiger partial charge in [0.2, 0.25) is 0 Å². The Morgan fingerprint density at radius 1 is 0.951 bits per heavy atom. The molecule has 0 aromatic heterocycles. The van der Waals surface area contributed by atoms with Crippen LogP contribution < -0.4 is 0 Å². The van der Waals surface area contributed by atoms with Crippen LogP contribution in [0, 0.1) is 23.1 Å². The average Bonchev–Trinajstić information content (AvgIpc) is 2.93. The fraction of sp³-hybridized carbons (Fsp3) is 0.394. The first kappa shape index (κ1) is 29.6. The van der Waals surface area contributed by atoms with Crippen molar-refractivity contribution in [2.75, 3.05) is 6.61 Å². The molecule has 0 radical (unpaired) electrons. The second-order valence-electron chi connectivity index (χ2n) is 10.8. The third kappa shape index (κ3) is 8.07. The van der Waals surface area contributed by atoms with Gasteiger partial charge in [-0.05, 0) is 48.1 Å². The lowest BCUT2D eigenvalue weighted by Crippen LogP contribution is -2.49. The summed E-state index contributed by atoms with van der Waals surface area (Å²) >= 11 is 0. The maximum atomic E-state index is 12.7. The summed E-state index contributed by atoms with van der Waals surface area (Å²) in [5.41, 5.74) is 2.66. The van der Waals surface area contributed by atoms with Crippen molar-refractivity contribution < 1.29 is 28.6 Å². The number of benzene rings is 3. The SMILES string of the molecule is CC1(C)OC(=O)C(C(CC(=O)OCCCCCCc2ccc3ccccc3c2C#[N+][O-])Cc2ccccc2)C(=O)O1. The molecular formula is C33H35NO7.